The fourth-order valence-electron chi connectivity index (χ4n) is 3.60. The largest absolute Gasteiger partial charge is 0.359 e. The highest BCUT2D eigenvalue weighted by Gasteiger charge is 2.33. The summed E-state index contributed by atoms with van der Waals surface area (Å²) in [5.41, 5.74) is 3.75. The molecule has 2 aromatic rings. The summed E-state index contributed by atoms with van der Waals surface area (Å²) >= 11 is 0. The highest BCUT2D eigenvalue weighted by Crippen LogP contribution is 2.33. The van der Waals surface area contributed by atoms with Gasteiger partial charge in [-0.2, -0.15) is 5.10 Å². The molecule has 0 spiro atoms. The lowest BCUT2D eigenvalue weighted by Gasteiger charge is -2.35. The maximum atomic E-state index is 13.1. The Kier molecular flexibility index (Phi) is 4.51. The first-order valence-electron chi connectivity index (χ1n) is 9.13. The molecule has 25 heavy (non-hydrogen) atoms. The molecular weight excluding hydrogens is 310 g/mol. The second-order valence-corrected chi connectivity index (χ2v) is 6.73. The summed E-state index contributed by atoms with van der Waals surface area (Å²) in [4.78, 5) is 13.1. The topological polar surface area (TPSA) is 44.7 Å². The van der Waals surface area contributed by atoms with Crippen LogP contribution in [0.4, 0.5) is 5.69 Å². The van der Waals surface area contributed by atoms with E-state index in [1.54, 1.807) is 5.01 Å². The van der Waals surface area contributed by atoms with Gasteiger partial charge in [0, 0.05) is 11.4 Å². The molecule has 1 aliphatic heterocycles. The van der Waals surface area contributed by atoms with Gasteiger partial charge in [-0.05, 0) is 43.4 Å². The van der Waals surface area contributed by atoms with Gasteiger partial charge in [-0.3, -0.25) is 4.79 Å². The first-order valence-corrected chi connectivity index (χ1v) is 9.13. The molecule has 1 atom stereocenters. The number of hydrazone groups is 1. The molecule has 4 nitrogen and oxygen atoms in total. The third-order valence-corrected chi connectivity index (χ3v) is 4.95. The van der Waals surface area contributed by atoms with Crippen LogP contribution in [-0.2, 0) is 0 Å². The molecule has 1 heterocycles. The quantitative estimate of drug-likeness (QED) is 0.789. The maximum Gasteiger partial charge on any atom is 0.278 e. The number of carbonyl (C=O) groups excluding carboxylic acids is 1. The summed E-state index contributed by atoms with van der Waals surface area (Å²) < 4.78 is 0. The van der Waals surface area contributed by atoms with Gasteiger partial charge in [0.15, 0.2) is 6.17 Å². The molecule has 1 aliphatic carbocycles. The Morgan fingerprint density at radius 2 is 1.56 bits per heavy atom. The summed E-state index contributed by atoms with van der Waals surface area (Å²) in [7, 11) is 0. The fraction of sp³-hybridized carbons (Fsp3) is 0.333. The van der Waals surface area contributed by atoms with Gasteiger partial charge >= 0.3 is 0 Å². The normalized spacial score (nSPS) is 20.5. The van der Waals surface area contributed by atoms with Crippen LogP contribution in [-0.4, -0.2) is 16.6 Å². The van der Waals surface area contributed by atoms with Crippen molar-refractivity contribution < 1.29 is 4.79 Å². The third-order valence-electron chi connectivity index (χ3n) is 4.95. The standard InChI is InChI=1S/C21H23N3O/c25-21-18-14-8-9-15-19(18)22-20(16-10-4-3-5-11-16)24(21)23-17-12-6-1-2-7-13-17/h3-5,8-11,14-15,20,22H,1-2,6-7,12-13H2/t20-/m1/s1. The first-order chi connectivity index (χ1) is 12.3. The number of carbonyl (C=O) groups is 1. The average Bonchev–Trinajstić information content (AvgIpc) is 2.93. The number of nitrogens with zero attached hydrogens (tertiary/aromatic N) is 2. The van der Waals surface area contributed by atoms with Gasteiger partial charge in [-0.25, -0.2) is 5.01 Å². The lowest BCUT2D eigenvalue weighted by atomic mass is 10.0. The van der Waals surface area contributed by atoms with E-state index >= 15 is 0 Å². The van der Waals surface area contributed by atoms with E-state index in [9.17, 15) is 4.79 Å². The Hall–Kier alpha value is -2.62. The molecule has 2 aromatic carbocycles. The van der Waals surface area contributed by atoms with Crippen LogP contribution in [0.5, 0.6) is 0 Å². The number of hydrogen-bond acceptors (Lipinski definition) is 3. The highest BCUT2D eigenvalue weighted by atomic mass is 16.2. The molecule has 128 valence electrons. The average molecular weight is 333 g/mol. The number of fused-ring (bicyclic) bond motifs is 1. The fourth-order valence-corrected chi connectivity index (χ4v) is 3.60. The van der Waals surface area contributed by atoms with E-state index in [4.69, 9.17) is 5.10 Å². The van der Waals surface area contributed by atoms with E-state index in [0.29, 0.717) is 5.56 Å². The zero-order valence-electron chi connectivity index (χ0n) is 14.3. The number of anilines is 1. The molecule has 0 unspecified atom stereocenters. The van der Waals surface area contributed by atoms with Crippen molar-refractivity contribution >= 4 is 17.3 Å². The number of benzene rings is 2. The SMILES string of the molecule is O=C1c2ccccc2N[C@@H](c2ccccc2)N1N=C1CCCCCC1. The second kappa shape index (κ2) is 7.09. The lowest BCUT2D eigenvalue weighted by molar-refractivity contribution is 0.0688. The Morgan fingerprint density at radius 1 is 0.880 bits per heavy atom. The minimum absolute atomic E-state index is 0.0278. The molecule has 0 saturated heterocycles. The maximum absolute atomic E-state index is 13.1. The van der Waals surface area contributed by atoms with Crippen LogP contribution in [0.15, 0.2) is 59.7 Å². The van der Waals surface area contributed by atoms with Crippen LogP contribution in [0.2, 0.25) is 0 Å². The van der Waals surface area contributed by atoms with Gasteiger partial charge in [0.1, 0.15) is 0 Å². The van der Waals surface area contributed by atoms with Crippen molar-refractivity contribution in [3.05, 3.63) is 65.7 Å². The van der Waals surface area contributed by atoms with Gasteiger partial charge in [-0.15, -0.1) is 0 Å². The van der Waals surface area contributed by atoms with Gasteiger partial charge in [0.2, 0.25) is 0 Å². The summed E-state index contributed by atoms with van der Waals surface area (Å²) in [6, 6.07) is 17.7. The van der Waals surface area contributed by atoms with Gasteiger partial charge in [-0.1, -0.05) is 55.3 Å². The predicted molar refractivity (Wildman–Crippen MR) is 101 cm³/mol. The first kappa shape index (κ1) is 15.9. The van der Waals surface area contributed by atoms with E-state index in [1.807, 2.05) is 54.6 Å². The number of hydrogen-bond donors (Lipinski definition) is 1. The van der Waals surface area contributed by atoms with Crippen molar-refractivity contribution in [3.8, 4) is 0 Å². The summed E-state index contributed by atoms with van der Waals surface area (Å²) in [5, 5.41) is 9.98. The lowest BCUT2D eigenvalue weighted by Crippen LogP contribution is -2.40. The monoisotopic (exact) mass is 333 g/mol. The van der Waals surface area contributed by atoms with Crippen LogP contribution in [0.3, 0.4) is 0 Å². The minimum Gasteiger partial charge on any atom is -0.359 e. The van der Waals surface area contributed by atoms with Crippen molar-refractivity contribution in [1.29, 1.82) is 0 Å². The summed E-state index contributed by atoms with van der Waals surface area (Å²) in [6.45, 7) is 0. The van der Waals surface area contributed by atoms with E-state index < -0.39 is 0 Å². The molecule has 1 saturated carbocycles. The molecule has 1 N–H and O–H groups in total. The molecule has 1 fully saturated rings. The minimum atomic E-state index is -0.264. The van der Waals surface area contributed by atoms with Crippen LogP contribution < -0.4 is 5.32 Å². The van der Waals surface area contributed by atoms with Gasteiger partial charge < -0.3 is 5.32 Å². The highest BCUT2D eigenvalue weighted by molar-refractivity contribution is 6.02. The Morgan fingerprint density at radius 3 is 2.32 bits per heavy atom. The number of amides is 1. The molecule has 4 heteroatoms. The molecular formula is C21H23N3O. The van der Waals surface area contributed by atoms with Crippen molar-refractivity contribution in [2.75, 3.05) is 5.32 Å². The van der Waals surface area contributed by atoms with Crippen molar-refractivity contribution in [2.24, 2.45) is 5.10 Å². The summed E-state index contributed by atoms with van der Waals surface area (Å²) in [6.07, 6.45) is 6.58. The van der Waals surface area contributed by atoms with E-state index in [0.717, 1.165) is 29.8 Å². The van der Waals surface area contributed by atoms with E-state index in [-0.39, 0.29) is 12.1 Å². The van der Waals surface area contributed by atoms with Crippen molar-refractivity contribution in [3.63, 3.8) is 0 Å². The van der Waals surface area contributed by atoms with Gasteiger partial charge in [0.25, 0.3) is 5.91 Å². The smallest absolute Gasteiger partial charge is 0.278 e. The molecule has 4 rings (SSSR count). The van der Waals surface area contributed by atoms with Gasteiger partial charge in [0.05, 0.1) is 5.56 Å². The van der Waals surface area contributed by atoms with Crippen LogP contribution in [0.1, 0.15) is 60.6 Å². The number of para-hydroxylation sites is 1. The van der Waals surface area contributed by atoms with Crippen molar-refractivity contribution in [1.82, 2.24) is 5.01 Å². The Bertz CT molecular complexity index is 775. The van der Waals surface area contributed by atoms with Crippen LogP contribution >= 0.6 is 0 Å². The molecule has 2 aliphatic rings. The number of rotatable bonds is 2. The second-order valence-electron chi connectivity index (χ2n) is 6.73. The Balaban J connectivity index is 1.74. The third kappa shape index (κ3) is 3.29. The van der Waals surface area contributed by atoms with Crippen LogP contribution in [0.25, 0.3) is 0 Å². The zero-order valence-corrected chi connectivity index (χ0v) is 14.3. The van der Waals surface area contributed by atoms with Crippen LogP contribution in [0, 0.1) is 0 Å². The molecule has 0 bridgehead atoms. The van der Waals surface area contributed by atoms with E-state index in [1.165, 1.54) is 25.7 Å². The molecule has 0 radical (unpaired) electrons. The summed E-state index contributed by atoms with van der Waals surface area (Å²) in [5.74, 6) is -0.0278. The predicted octanol–water partition coefficient (Wildman–Crippen LogP) is 4.96. The Labute approximate surface area is 148 Å². The van der Waals surface area contributed by atoms with E-state index in [2.05, 4.69) is 5.32 Å². The molecule has 1 amide bonds. The molecule has 0 aromatic heterocycles. The zero-order chi connectivity index (χ0) is 17.1. The number of nitrogens with one attached hydrogen (secondary N) is 1. The van der Waals surface area contributed by atoms with Crippen molar-refractivity contribution in [2.45, 2.75) is 44.7 Å².